The Morgan fingerprint density at radius 1 is 1.35 bits per heavy atom. The summed E-state index contributed by atoms with van der Waals surface area (Å²) in [6.07, 6.45) is 4.98. The molecule has 1 N–H and O–H groups in total. The van der Waals surface area contributed by atoms with Gasteiger partial charge in [0.05, 0.1) is 31.5 Å². The maximum absolute atomic E-state index is 11.9. The molecule has 3 aliphatic heterocycles. The molecular formula is C17H25N3O3. The second-order valence-corrected chi connectivity index (χ2v) is 7.02. The van der Waals surface area contributed by atoms with Crippen LogP contribution in [0.25, 0.3) is 0 Å². The van der Waals surface area contributed by atoms with Gasteiger partial charge in [0.15, 0.2) is 0 Å². The number of piperidine rings is 1. The van der Waals surface area contributed by atoms with Gasteiger partial charge in [-0.05, 0) is 31.4 Å². The minimum absolute atomic E-state index is 0.0295. The fourth-order valence-corrected chi connectivity index (χ4v) is 4.23. The number of hydrogen-bond donors (Lipinski definition) is 1. The van der Waals surface area contributed by atoms with Crippen LogP contribution in [0.1, 0.15) is 25.0 Å². The molecular weight excluding hydrogens is 294 g/mol. The zero-order valence-electron chi connectivity index (χ0n) is 13.5. The zero-order chi connectivity index (χ0) is 15.7. The molecule has 4 heterocycles. The lowest BCUT2D eigenvalue weighted by Gasteiger charge is -2.49. The maximum atomic E-state index is 11.9. The highest BCUT2D eigenvalue weighted by Crippen LogP contribution is 2.33. The third-order valence-corrected chi connectivity index (χ3v) is 5.58. The van der Waals surface area contributed by atoms with Crippen molar-refractivity contribution < 1.29 is 13.9 Å². The van der Waals surface area contributed by atoms with E-state index < -0.39 is 0 Å². The summed E-state index contributed by atoms with van der Waals surface area (Å²) >= 11 is 0. The van der Waals surface area contributed by atoms with E-state index in [0.29, 0.717) is 12.6 Å². The molecule has 0 radical (unpaired) electrons. The Labute approximate surface area is 136 Å². The highest BCUT2D eigenvalue weighted by atomic mass is 16.5. The van der Waals surface area contributed by atoms with E-state index in [2.05, 4.69) is 15.1 Å². The summed E-state index contributed by atoms with van der Waals surface area (Å²) in [6, 6.07) is 4.46. The molecule has 6 nitrogen and oxygen atoms in total. The number of rotatable bonds is 3. The molecule has 0 aliphatic carbocycles. The van der Waals surface area contributed by atoms with Gasteiger partial charge >= 0.3 is 0 Å². The molecule has 23 heavy (non-hydrogen) atoms. The van der Waals surface area contributed by atoms with E-state index in [9.17, 15) is 4.79 Å². The molecule has 1 atom stereocenters. The number of piperazine rings is 1. The van der Waals surface area contributed by atoms with Crippen molar-refractivity contribution in [1.82, 2.24) is 15.1 Å². The van der Waals surface area contributed by atoms with Crippen LogP contribution >= 0.6 is 0 Å². The molecule has 1 amide bonds. The summed E-state index contributed by atoms with van der Waals surface area (Å²) in [5, 5.41) is 3.04. The third-order valence-electron chi connectivity index (χ3n) is 5.58. The van der Waals surface area contributed by atoms with Crippen molar-refractivity contribution in [2.24, 2.45) is 0 Å². The first-order valence-electron chi connectivity index (χ1n) is 8.61. The molecule has 1 aromatic heterocycles. The highest BCUT2D eigenvalue weighted by molar-refractivity contribution is 5.79. The number of furan rings is 1. The number of nitrogens with one attached hydrogen (secondary N) is 1. The zero-order valence-corrected chi connectivity index (χ0v) is 13.5. The van der Waals surface area contributed by atoms with E-state index in [1.165, 1.54) is 0 Å². The molecule has 4 rings (SSSR count). The molecule has 1 aromatic rings. The summed E-state index contributed by atoms with van der Waals surface area (Å²) < 4.78 is 11.1. The Balaban J connectivity index is 1.39. The van der Waals surface area contributed by atoms with Gasteiger partial charge in [0.1, 0.15) is 5.76 Å². The Morgan fingerprint density at radius 2 is 2.22 bits per heavy atom. The van der Waals surface area contributed by atoms with E-state index >= 15 is 0 Å². The van der Waals surface area contributed by atoms with Gasteiger partial charge in [0, 0.05) is 32.3 Å². The van der Waals surface area contributed by atoms with Gasteiger partial charge in [-0.3, -0.25) is 14.6 Å². The van der Waals surface area contributed by atoms with Crippen LogP contribution in [0.3, 0.4) is 0 Å². The summed E-state index contributed by atoms with van der Waals surface area (Å²) in [6.45, 7) is 5.81. The van der Waals surface area contributed by atoms with Crippen molar-refractivity contribution >= 4 is 5.91 Å². The number of hydrogen-bond acceptors (Lipinski definition) is 5. The summed E-state index contributed by atoms with van der Waals surface area (Å²) in [7, 11) is 0. The average molecular weight is 319 g/mol. The second-order valence-electron chi connectivity index (χ2n) is 7.02. The van der Waals surface area contributed by atoms with Gasteiger partial charge in [-0.15, -0.1) is 0 Å². The summed E-state index contributed by atoms with van der Waals surface area (Å²) in [4.78, 5) is 16.8. The SMILES string of the molecule is O=C1CN(C2CCN(Cc3ccco3)CC2)C2(CCOC2)CN1. The van der Waals surface area contributed by atoms with Crippen molar-refractivity contribution in [2.75, 3.05) is 39.4 Å². The van der Waals surface area contributed by atoms with Gasteiger partial charge < -0.3 is 14.5 Å². The van der Waals surface area contributed by atoms with E-state index in [0.717, 1.165) is 64.4 Å². The topological polar surface area (TPSA) is 58.0 Å². The predicted molar refractivity (Wildman–Crippen MR) is 84.9 cm³/mol. The first-order valence-corrected chi connectivity index (χ1v) is 8.61. The third kappa shape index (κ3) is 3.03. The number of ether oxygens (including phenoxy) is 1. The normalized spacial score (nSPS) is 30.9. The molecule has 3 aliphatic rings. The first kappa shape index (κ1) is 15.2. The molecule has 1 unspecified atom stereocenters. The first-order chi connectivity index (χ1) is 11.3. The van der Waals surface area contributed by atoms with Crippen LogP contribution in [0.2, 0.25) is 0 Å². The minimum atomic E-state index is 0.0295. The lowest BCUT2D eigenvalue weighted by atomic mass is 9.89. The van der Waals surface area contributed by atoms with Gasteiger partial charge in [0.2, 0.25) is 5.91 Å². The minimum Gasteiger partial charge on any atom is -0.468 e. The number of likely N-dealkylation sites (tertiary alicyclic amines) is 1. The Kier molecular flexibility index (Phi) is 4.13. The lowest BCUT2D eigenvalue weighted by Crippen LogP contribution is -2.67. The molecule has 3 saturated heterocycles. The van der Waals surface area contributed by atoms with Crippen molar-refractivity contribution in [1.29, 1.82) is 0 Å². The van der Waals surface area contributed by atoms with Crippen LogP contribution in [0.5, 0.6) is 0 Å². The van der Waals surface area contributed by atoms with Crippen LogP contribution in [0.15, 0.2) is 22.8 Å². The number of nitrogens with zero attached hydrogens (tertiary/aromatic N) is 2. The van der Waals surface area contributed by atoms with Crippen LogP contribution in [-0.2, 0) is 16.1 Å². The largest absolute Gasteiger partial charge is 0.468 e. The summed E-state index contributed by atoms with van der Waals surface area (Å²) in [5.74, 6) is 1.18. The lowest BCUT2D eigenvalue weighted by molar-refractivity contribution is -0.131. The van der Waals surface area contributed by atoms with E-state index in [1.807, 2.05) is 12.1 Å². The Bertz CT molecular complexity index is 531. The van der Waals surface area contributed by atoms with Crippen molar-refractivity contribution in [3.8, 4) is 0 Å². The van der Waals surface area contributed by atoms with Gasteiger partial charge in [0.25, 0.3) is 0 Å². The molecule has 1 spiro atoms. The second kappa shape index (κ2) is 6.26. The molecule has 6 heteroatoms. The monoisotopic (exact) mass is 319 g/mol. The molecule has 0 aromatic carbocycles. The number of carbonyl (C=O) groups is 1. The van der Waals surface area contributed by atoms with E-state index in [4.69, 9.17) is 9.15 Å². The van der Waals surface area contributed by atoms with Gasteiger partial charge in [-0.25, -0.2) is 0 Å². The fraction of sp³-hybridized carbons (Fsp3) is 0.706. The fourth-order valence-electron chi connectivity index (χ4n) is 4.23. The Hall–Kier alpha value is -1.37. The summed E-state index contributed by atoms with van der Waals surface area (Å²) in [5.41, 5.74) is 0.0295. The van der Waals surface area contributed by atoms with E-state index in [1.54, 1.807) is 6.26 Å². The number of amides is 1. The highest BCUT2D eigenvalue weighted by Gasteiger charge is 2.47. The van der Waals surface area contributed by atoms with Crippen LogP contribution in [-0.4, -0.2) is 66.7 Å². The number of carbonyl (C=O) groups excluding carboxylic acids is 1. The molecule has 0 saturated carbocycles. The molecule has 126 valence electrons. The van der Waals surface area contributed by atoms with Crippen molar-refractivity contribution in [2.45, 2.75) is 37.4 Å². The van der Waals surface area contributed by atoms with Crippen LogP contribution in [0, 0.1) is 0 Å². The predicted octanol–water partition coefficient (Wildman–Crippen LogP) is 0.835. The quantitative estimate of drug-likeness (QED) is 0.894. The average Bonchev–Trinajstić information content (AvgIpc) is 3.24. The standard InChI is InChI=1S/C17H25N3O3/c21-16-11-20(17(12-18-16)5-9-22-13-17)14-3-6-19(7-4-14)10-15-2-1-8-23-15/h1-2,8,14H,3-7,9-13H2,(H,18,21). The smallest absolute Gasteiger partial charge is 0.234 e. The maximum Gasteiger partial charge on any atom is 0.234 e. The van der Waals surface area contributed by atoms with Crippen LogP contribution in [0.4, 0.5) is 0 Å². The Morgan fingerprint density at radius 3 is 2.91 bits per heavy atom. The van der Waals surface area contributed by atoms with Gasteiger partial charge in [-0.1, -0.05) is 0 Å². The van der Waals surface area contributed by atoms with Crippen molar-refractivity contribution in [3.63, 3.8) is 0 Å². The molecule has 0 bridgehead atoms. The van der Waals surface area contributed by atoms with E-state index in [-0.39, 0.29) is 11.4 Å². The van der Waals surface area contributed by atoms with Crippen LogP contribution < -0.4 is 5.32 Å². The van der Waals surface area contributed by atoms with Crippen molar-refractivity contribution in [3.05, 3.63) is 24.2 Å². The molecule has 3 fully saturated rings. The van der Waals surface area contributed by atoms with Gasteiger partial charge in [-0.2, -0.15) is 0 Å².